The van der Waals surface area contributed by atoms with Gasteiger partial charge in [0.1, 0.15) is 5.82 Å². The van der Waals surface area contributed by atoms with Crippen molar-refractivity contribution in [1.82, 2.24) is 19.4 Å². The summed E-state index contributed by atoms with van der Waals surface area (Å²) in [5.74, 6) is 1.40. The Morgan fingerprint density at radius 1 is 1.12 bits per heavy atom. The van der Waals surface area contributed by atoms with E-state index in [1.54, 1.807) is 11.6 Å². The maximum atomic E-state index is 12.6. The highest BCUT2D eigenvalue weighted by Crippen LogP contribution is 2.21. The Morgan fingerprint density at radius 2 is 1.77 bits per heavy atom. The molecule has 3 rings (SSSR count). The third-order valence-corrected chi connectivity index (χ3v) is 5.19. The zero-order valence-corrected chi connectivity index (χ0v) is 16.1. The third kappa shape index (κ3) is 3.65. The molecule has 1 fully saturated rings. The number of amides is 1. The highest BCUT2D eigenvalue weighted by Gasteiger charge is 2.27. The zero-order valence-electron chi connectivity index (χ0n) is 16.1. The number of aromatic nitrogens is 2. The van der Waals surface area contributed by atoms with Crippen LogP contribution in [-0.2, 0) is 11.8 Å². The normalized spacial score (nSPS) is 17.0. The fraction of sp³-hybridized carbons (Fsp3) is 0.550. The molecule has 1 unspecified atom stereocenters. The standard InChI is InChI=1S/C20H28N4O2/c1-14(2)13-18(25)24-11-9-23(10-12-24)15(3)19-21-17-8-6-5-7-16(17)20(26)22(19)4/h5-8,14-15H,9-13H2,1-4H3. The Labute approximate surface area is 154 Å². The van der Waals surface area contributed by atoms with E-state index in [9.17, 15) is 9.59 Å². The van der Waals surface area contributed by atoms with Crippen molar-refractivity contribution in [2.45, 2.75) is 33.2 Å². The van der Waals surface area contributed by atoms with Crippen LogP contribution >= 0.6 is 0 Å². The summed E-state index contributed by atoms with van der Waals surface area (Å²) in [6.07, 6.45) is 0.607. The van der Waals surface area contributed by atoms with E-state index in [-0.39, 0.29) is 17.5 Å². The average molecular weight is 356 g/mol. The third-order valence-electron chi connectivity index (χ3n) is 5.19. The van der Waals surface area contributed by atoms with Crippen LogP contribution in [0.3, 0.4) is 0 Å². The number of rotatable bonds is 4. The highest BCUT2D eigenvalue weighted by atomic mass is 16.2. The van der Waals surface area contributed by atoms with Gasteiger partial charge in [-0.25, -0.2) is 4.98 Å². The van der Waals surface area contributed by atoms with E-state index >= 15 is 0 Å². The Bertz CT molecular complexity index is 851. The minimum atomic E-state index is -0.0109. The van der Waals surface area contributed by atoms with Gasteiger partial charge in [0, 0.05) is 39.6 Å². The number of para-hydroxylation sites is 1. The van der Waals surface area contributed by atoms with Gasteiger partial charge in [0.15, 0.2) is 0 Å². The molecule has 2 aromatic rings. The van der Waals surface area contributed by atoms with Gasteiger partial charge in [0.05, 0.1) is 16.9 Å². The second-order valence-electron chi connectivity index (χ2n) is 7.54. The summed E-state index contributed by atoms with van der Waals surface area (Å²) in [5, 5.41) is 0.648. The van der Waals surface area contributed by atoms with Crippen LogP contribution < -0.4 is 5.56 Å². The van der Waals surface area contributed by atoms with Crippen LogP contribution in [0.2, 0.25) is 0 Å². The van der Waals surface area contributed by atoms with Crippen molar-refractivity contribution < 1.29 is 4.79 Å². The summed E-state index contributed by atoms with van der Waals surface area (Å²) in [4.78, 5) is 33.9. The van der Waals surface area contributed by atoms with Crippen LogP contribution in [0.15, 0.2) is 29.1 Å². The van der Waals surface area contributed by atoms with Crippen LogP contribution in [0.5, 0.6) is 0 Å². The first-order chi connectivity index (χ1) is 12.4. The zero-order chi connectivity index (χ0) is 18.8. The first kappa shape index (κ1) is 18.6. The molecule has 6 nitrogen and oxygen atoms in total. The molecule has 1 aromatic carbocycles. The van der Waals surface area contributed by atoms with E-state index in [0.29, 0.717) is 17.7 Å². The van der Waals surface area contributed by atoms with E-state index in [1.165, 1.54) is 0 Å². The van der Waals surface area contributed by atoms with Gasteiger partial charge in [-0.2, -0.15) is 0 Å². The molecule has 1 saturated heterocycles. The second kappa shape index (κ2) is 7.58. The monoisotopic (exact) mass is 356 g/mol. The Hall–Kier alpha value is -2.21. The molecule has 0 N–H and O–H groups in total. The number of hydrogen-bond acceptors (Lipinski definition) is 4. The van der Waals surface area contributed by atoms with Gasteiger partial charge in [-0.15, -0.1) is 0 Å². The van der Waals surface area contributed by atoms with Crippen LogP contribution in [0, 0.1) is 5.92 Å². The molecule has 6 heteroatoms. The number of hydrogen-bond donors (Lipinski definition) is 0. The number of fused-ring (bicyclic) bond motifs is 1. The van der Waals surface area contributed by atoms with Gasteiger partial charge in [0.2, 0.25) is 5.91 Å². The number of carbonyl (C=O) groups is 1. The number of piperazine rings is 1. The van der Waals surface area contributed by atoms with Gasteiger partial charge in [-0.1, -0.05) is 26.0 Å². The van der Waals surface area contributed by atoms with Crippen LogP contribution in [0.1, 0.15) is 39.1 Å². The summed E-state index contributed by atoms with van der Waals surface area (Å²) in [5.41, 5.74) is 0.728. The molecule has 1 aliphatic rings. The quantitative estimate of drug-likeness (QED) is 0.843. The van der Waals surface area contributed by atoms with Crippen LogP contribution in [0.25, 0.3) is 10.9 Å². The molecule has 140 valence electrons. The lowest BCUT2D eigenvalue weighted by molar-refractivity contribution is -0.134. The lowest BCUT2D eigenvalue weighted by Crippen LogP contribution is -2.50. The van der Waals surface area contributed by atoms with Crippen molar-refractivity contribution in [2.24, 2.45) is 13.0 Å². The fourth-order valence-corrected chi connectivity index (χ4v) is 3.61. The predicted molar refractivity (Wildman–Crippen MR) is 103 cm³/mol. The van der Waals surface area contributed by atoms with Crippen molar-refractivity contribution in [1.29, 1.82) is 0 Å². The fourth-order valence-electron chi connectivity index (χ4n) is 3.61. The van der Waals surface area contributed by atoms with E-state index in [4.69, 9.17) is 4.98 Å². The Balaban J connectivity index is 1.76. The van der Waals surface area contributed by atoms with Crippen molar-refractivity contribution in [3.8, 4) is 0 Å². The van der Waals surface area contributed by atoms with Gasteiger partial charge >= 0.3 is 0 Å². The molecule has 1 amide bonds. The summed E-state index contributed by atoms with van der Waals surface area (Å²) in [6, 6.07) is 7.50. The van der Waals surface area contributed by atoms with Crippen molar-refractivity contribution >= 4 is 16.8 Å². The first-order valence-corrected chi connectivity index (χ1v) is 9.36. The Morgan fingerprint density at radius 3 is 2.42 bits per heavy atom. The van der Waals surface area contributed by atoms with E-state index in [0.717, 1.165) is 37.5 Å². The largest absolute Gasteiger partial charge is 0.340 e. The van der Waals surface area contributed by atoms with E-state index < -0.39 is 0 Å². The first-order valence-electron chi connectivity index (χ1n) is 9.36. The minimum Gasteiger partial charge on any atom is -0.340 e. The van der Waals surface area contributed by atoms with Crippen molar-refractivity contribution in [2.75, 3.05) is 26.2 Å². The molecule has 26 heavy (non-hydrogen) atoms. The minimum absolute atomic E-state index is 0.0109. The molecule has 2 heterocycles. The maximum Gasteiger partial charge on any atom is 0.261 e. The summed E-state index contributed by atoms with van der Waals surface area (Å²) < 4.78 is 1.66. The molecule has 1 aliphatic heterocycles. The summed E-state index contributed by atoms with van der Waals surface area (Å²) in [7, 11) is 1.79. The maximum absolute atomic E-state index is 12.6. The molecule has 1 atom stereocenters. The number of benzene rings is 1. The van der Waals surface area contributed by atoms with E-state index in [1.807, 2.05) is 29.2 Å². The molecule has 0 aliphatic carbocycles. The van der Waals surface area contributed by atoms with Gasteiger partial charge in [-0.05, 0) is 25.0 Å². The molecule has 0 spiro atoms. The molecule has 0 bridgehead atoms. The summed E-state index contributed by atoms with van der Waals surface area (Å²) >= 11 is 0. The van der Waals surface area contributed by atoms with Crippen LogP contribution in [-0.4, -0.2) is 51.4 Å². The lowest BCUT2D eigenvalue weighted by Gasteiger charge is -2.38. The van der Waals surface area contributed by atoms with Gasteiger partial charge < -0.3 is 4.90 Å². The molecule has 0 saturated carbocycles. The molecule has 0 radical (unpaired) electrons. The van der Waals surface area contributed by atoms with Crippen LogP contribution in [0.4, 0.5) is 0 Å². The SMILES string of the molecule is CC(C)CC(=O)N1CCN(C(C)c2nc3ccccc3c(=O)n2C)CC1. The second-order valence-corrected chi connectivity index (χ2v) is 7.54. The highest BCUT2D eigenvalue weighted by molar-refractivity contribution is 5.77. The van der Waals surface area contributed by atoms with Crippen molar-refractivity contribution in [3.05, 3.63) is 40.4 Å². The predicted octanol–water partition coefficient (Wildman–Crippen LogP) is 2.18. The number of carbonyl (C=O) groups excluding carboxylic acids is 1. The van der Waals surface area contributed by atoms with E-state index in [2.05, 4.69) is 25.7 Å². The average Bonchev–Trinajstić information content (AvgIpc) is 2.63. The molecule has 1 aromatic heterocycles. The lowest BCUT2D eigenvalue weighted by atomic mass is 10.1. The topological polar surface area (TPSA) is 58.4 Å². The Kier molecular flexibility index (Phi) is 5.41. The van der Waals surface area contributed by atoms with Gasteiger partial charge in [0.25, 0.3) is 5.56 Å². The smallest absolute Gasteiger partial charge is 0.261 e. The van der Waals surface area contributed by atoms with Crippen molar-refractivity contribution in [3.63, 3.8) is 0 Å². The summed E-state index contributed by atoms with van der Waals surface area (Å²) in [6.45, 7) is 9.29. The number of nitrogens with zero attached hydrogens (tertiary/aromatic N) is 4. The molecular weight excluding hydrogens is 328 g/mol. The van der Waals surface area contributed by atoms with Gasteiger partial charge in [-0.3, -0.25) is 19.1 Å². The molecular formula is C20H28N4O2.